The van der Waals surface area contributed by atoms with Crippen LogP contribution in [0.1, 0.15) is 41.0 Å². The van der Waals surface area contributed by atoms with Crippen LogP contribution in [0.3, 0.4) is 0 Å². The molecule has 1 rings (SSSR count). The van der Waals surface area contributed by atoms with Crippen molar-refractivity contribution in [3.05, 3.63) is 28.3 Å². The lowest BCUT2D eigenvalue weighted by atomic mass is 10.1. The van der Waals surface area contributed by atoms with E-state index in [2.05, 4.69) is 10.5 Å². The van der Waals surface area contributed by atoms with E-state index >= 15 is 0 Å². The molecule has 25 heavy (non-hydrogen) atoms. The minimum atomic E-state index is -3.86. The number of nitrogens with one attached hydrogen (secondary N) is 1. The average Bonchev–Trinajstić information content (AvgIpc) is 2.59. The van der Waals surface area contributed by atoms with E-state index < -0.39 is 14.9 Å². The van der Waals surface area contributed by atoms with Crippen molar-refractivity contribution in [2.24, 2.45) is 11.0 Å². The molecule has 0 saturated heterocycles. The molecule has 0 saturated carbocycles. The van der Waals surface area contributed by atoms with Crippen molar-refractivity contribution in [1.29, 1.82) is 0 Å². The summed E-state index contributed by atoms with van der Waals surface area (Å²) >= 11 is 0. The quantitative estimate of drug-likeness (QED) is 0.407. The summed E-state index contributed by atoms with van der Waals surface area (Å²) in [4.78, 5) is 10.3. The lowest BCUT2D eigenvalue weighted by Gasteiger charge is -2.20. The summed E-state index contributed by atoms with van der Waals surface area (Å²) in [7, 11) is -3.86. The first-order valence-electron chi connectivity index (χ1n) is 8.27. The molecule has 0 spiro atoms. The number of benzene rings is 1. The zero-order valence-electron chi connectivity index (χ0n) is 15.3. The molecule has 0 heterocycles. The van der Waals surface area contributed by atoms with E-state index in [-0.39, 0.29) is 35.3 Å². The third-order valence-corrected chi connectivity index (χ3v) is 6.27. The largest absolute Gasteiger partial charge is 0.277 e. The van der Waals surface area contributed by atoms with Gasteiger partial charge >= 0.3 is 0 Å². The highest BCUT2D eigenvalue weighted by Crippen LogP contribution is 2.29. The van der Waals surface area contributed by atoms with Crippen LogP contribution in [0.2, 0.25) is 0 Å². The van der Waals surface area contributed by atoms with Crippen LogP contribution in [-0.4, -0.2) is 36.4 Å². The molecule has 9 heteroatoms. The molecule has 0 radical (unpaired) electrons. The highest BCUT2D eigenvalue weighted by molar-refractivity contribution is 7.89. The molecule has 0 bridgehead atoms. The van der Waals surface area contributed by atoms with Gasteiger partial charge in [0.15, 0.2) is 0 Å². The van der Waals surface area contributed by atoms with Gasteiger partial charge in [-0.1, -0.05) is 27.7 Å². The molecule has 1 aromatic rings. The highest BCUT2D eigenvalue weighted by Gasteiger charge is 2.27. The molecule has 1 atom stereocenters. The summed E-state index contributed by atoms with van der Waals surface area (Å²) in [6, 6.07) is 3.71. The molecule has 0 aliphatic heterocycles. The van der Waals surface area contributed by atoms with Crippen LogP contribution in [-0.2, 0) is 10.0 Å². The second-order valence-corrected chi connectivity index (χ2v) is 7.61. The molecule has 0 unspecified atom stereocenters. The van der Waals surface area contributed by atoms with Gasteiger partial charge < -0.3 is 0 Å². The third-order valence-electron chi connectivity index (χ3n) is 4.18. The van der Waals surface area contributed by atoms with Crippen LogP contribution in [0, 0.1) is 16.0 Å². The van der Waals surface area contributed by atoms with Gasteiger partial charge in [0.1, 0.15) is 4.90 Å². The zero-order valence-corrected chi connectivity index (χ0v) is 16.1. The SMILES string of the molecule is CC[C@H](C)/C(C)=N\Nc1ccc([N+](=O)[O-])cc1S(=O)(=O)N(CC)CC. The molecule has 140 valence electrons. The summed E-state index contributed by atoms with van der Waals surface area (Å²) < 4.78 is 26.9. The van der Waals surface area contributed by atoms with Gasteiger partial charge in [-0.2, -0.15) is 9.41 Å². The van der Waals surface area contributed by atoms with E-state index in [0.29, 0.717) is 0 Å². The second kappa shape index (κ2) is 8.91. The Balaban J connectivity index is 3.42. The van der Waals surface area contributed by atoms with E-state index in [1.807, 2.05) is 20.8 Å². The number of nitrogens with zero attached hydrogens (tertiary/aromatic N) is 3. The van der Waals surface area contributed by atoms with Crippen LogP contribution >= 0.6 is 0 Å². The molecule has 0 amide bonds. The number of hydrogen-bond acceptors (Lipinski definition) is 6. The molecule has 1 aromatic carbocycles. The maximum absolute atomic E-state index is 12.8. The van der Waals surface area contributed by atoms with Crippen molar-refractivity contribution in [3.8, 4) is 0 Å². The summed E-state index contributed by atoms with van der Waals surface area (Å²) in [5.41, 5.74) is 3.53. The number of rotatable bonds is 9. The maximum atomic E-state index is 12.8. The number of non-ortho nitro benzene ring substituents is 1. The smallest absolute Gasteiger partial charge is 0.270 e. The van der Waals surface area contributed by atoms with E-state index in [4.69, 9.17) is 0 Å². The molecular formula is C16H26N4O4S. The molecule has 0 aliphatic rings. The summed E-state index contributed by atoms with van der Waals surface area (Å²) in [6.07, 6.45) is 0.905. The molecule has 0 fully saturated rings. The predicted octanol–water partition coefficient (Wildman–Crippen LogP) is 3.46. The number of sulfonamides is 1. The normalized spacial score (nSPS) is 13.8. The fourth-order valence-electron chi connectivity index (χ4n) is 2.19. The topological polar surface area (TPSA) is 105 Å². The monoisotopic (exact) mass is 370 g/mol. The van der Waals surface area contributed by atoms with Crippen molar-refractivity contribution < 1.29 is 13.3 Å². The van der Waals surface area contributed by atoms with Crippen LogP contribution in [0.5, 0.6) is 0 Å². The number of nitro groups is 1. The number of hydrazone groups is 1. The highest BCUT2D eigenvalue weighted by atomic mass is 32.2. The van der Waals surface area contributed by atoms with Gasteiger partial charge in [-0.05, 0) is 25.3 Å². The van der Waals surface area contributed by atoms with Gasteiger partial charge in [-0.3, -0.25) is 15.5 Å². The Kier molecular flexibility index (Phi) is 7.50. The van der Waals surface area contributed by atoms with Gasteiger partial charge in [0, 0.05) is 30.9 Å². The fourth-order valence-corrected chi connectivity index (χ4v) is 3.81. The zero-order chi connectivity index (χ0) is 19.2. The number of nitro benzene ring substituents is 1. The van der Waals surface area contributed by atoms with E-state index in [1.165, 1.54) is 16.4 Å². The van der Waals surface area contributed by atoms with Crippen LogP contribution in [0.25, 0.3) is 0 Å². The Hall–Kier alpha value is -2.00. The first-order chi connectivity index (χ1) is 11.7. The van der Waals surface area contributed by atoms with Crippen molar-refractivity contribution in [1.82, 2.24) is 4.31 Å². The molecule has 0 aromatic heterocycles. The molecular weight excluding hydrogens is 344 g/mol. The standard InChI is InChI=1S/C16H26N4O4S/c1-6-12(4)13(5)17-18-15-10-9-14(20(21)22)11-16(15)25(23,24)19(7-2)8-3/h9-12,18H,6-8H2,1-5H3/b17-13-/t12-/m0/s1. The lowest BCUT2D eigenvalue weighted by molar-refractivity contribution is -0.385. The predicted molar refractivity (Wildman–Crippen MR) is 99.4 cm³/mol. The minimum Gasteiger partial charge on any atom is -0.277 e. The summed E-state index contributed by atoms with van der Waals surface area (Å²) in [5, 5.41) is 15.3. The summed E-state index contributed by atoms with van der Waals surface area (Å²) in [5.74, 6) is 0.244. The van der Waals surface area contributed by atoms with E-state index in [1.54, 1.807) is 13.8 Å². The fraction of sp³-hybridized carbons (Fsp3) is 0.562. The maximum Gasteiger partial charge on any atom is 0.270 e. The van der Waals surface area contributed by atoms with Gasteiger partial charge in [-0.15, -0.1) is 0 Å². The van der Waals surface area contributed by atoms with Crippen LogP contribution in [0.15, 0.2) is 28.2 Å². The van der Waals surface area contributed by atoms with Crippen molar-refractivity contribution in [3.63, 3.8) is 0 Å². The van der Waals surface area contributed by atoms with Gasteiger partial charge in [0.05, 0.1) is 10.6 Å². The van der Waals surface area contributed by atoms with Crippen molar-refractivity contribution >= 4 is 27.1 Å². The van der Waals surface area contributed by atoms with E-state index in [9.17, 15) is 18.5 Å². The second-order valence-electron chi connectivity index (χ2n) is 5.70. The molecule has 8 nitrogen and oxygen atoms in total. The van der Waals surface area contributed by atoms with Gasteiger partial charge in [0.2, 0.25) is 10.0 Å². The Labute approximate surface area is 149 Å². The first kappa shape index (κ1) is 21.0. The van der Waals surface area contributed by atoms with E-state index in [0.717, 1.165) is 18.2 Å². The van der Waals surface area contributed by atoms with Crippen LogP contribution < -0.4 is 5.43 Å². The number of anilines is 1. The Bertz CT molecular complexity index is 743. The van der Waals surface area contributed by atoms with Crippen LogP contribution in [0.4, 0.5) is 11.4 Å². The average molecular weight is 370 g/mol. The first-order valence-corrected chi connectivity index (χ1v) is 9.71. The Morgan fingerprint density at radius 1 is 1.32 bits per heavy atom. The van der Waals surface area contributed by atoms with Crippen molar-refractivity contribution in [2.45, 2.75) is 45.9 Å². The van der Waals surface area contributed by atoms with Gasteiger partial charge in [-0.25, -0.2) is 8.42 Å². The van der Waals surface area contributed by atoms with Gasteiger partial charge in [0.25, 0.3) is 5.69 Å². The molecule has 1 N–H and O–H groups in total. The number of hydrogen-bond donors (Lipinski definition) is 1. The van der Waals surface area contributed by atoms with Crippen molar-refractivity contribution in [2.75, 3.05) is 18.5 Å². The Morgan fingerprint density at radius 3 is 2.40 bits per heavy atom. The lowest BCUT2D eigenvalue weighted by Crippen LogP contribution is -2.31. The Morgan fingerprint density at radius 2 is 1.92 bits per heavy atom. The summed E-state index contributed by atoms with van der Waals surface area (Å²) in [6.45, 7) is 9.89. The minimum absolute atomic E-state index is 0.147. The molecule has 0 aliphatic carbocycles. The third kappa shape index (κ3) is 4.99.